The third kappa shape index (κ3) is 4.70. The lowest BCUT2D eigenvalue weighted by Crippen LogP contribution is -2.53. The number of allylic oxidation sites excluding steroid dienone is 4. The highest BCUT2D eigenvalue weighted by Crippen LogP contribution is 2.66. The number of carbonyl (C=O) groups excluding carboxylic acids is 1. The van der Waals surface area contributed by atoms with E-state index in [0.29, 0.717) is 23.5 Å². The Morgan fingerprint density at radius 1 is 1.11 bits per heavy atom. The Kier molecular flexibility index (Phi) is 7.01. The first-order valence-corrected chi connectivity index (χ1v) is 13.9. The number of carboxylic acids is 1. The molecule has 5 rings (SSSR count). The molecule has 7 atom stereocenters. The molecule has 0 saturated heterocycles. The van der Waals surface area contributed by atoms with E-state index in [1.54, 1.807) is 0 Å². The van der Waals surface area contributed by atoms with Gasteiger partial charge < -0.3 is 20.4 Å². The molecule has 3 fully saturated rings. The van der Waals surface area contributed by atoms with Gasteiger partial charge in [-0.05, 0) is 86.3 Å². The third-order valence-corrected chi connectivity index (χ3v) is 10.4. The zero-order valence-electron chi connectivity index (χ0n) is 22.7. The van der Waals surface area contributed by atoms with Crippen LogP contribution in [0.3, 0.4) is 0 Å². The van der Waals surface area contributed by atoms with Crippen molar-refractivity contribution in [2.24, 2.45) is 33.7 Å². The molecule has 4 aliphatic carbocycles. The molecule has 0 bridgehead atoms. The van der Waals surface area contributed by atoms with E-state index in [4.69, 9.17) is 4.84 Å². The van der Waals surface area contributed by atoms with Gasteiger partial charge in [-0.3, -0.25) is 4.79 Å². The van der Waals surface area contributed by atoms with Crippen molar-refractivity contribution in [3.05, 3.63) is 59.7 Å². The summed E-state index contributed by atoms with van der Waals surface area (Å²) in [5.41, 5.74) is 2.27. The Morgan fingerprint density at radius 2 is 1.84 bits per heavy atom. The summed E-state index contributed by atoms with van der Waals surface area (Å²) in [5, 5.41) is 27.3. The van der Waals surface area contributed by atoms with Crippen LogP contribution >= 0.6 is 0 Å². The van der Waals surface area contributed by atoms with Crippen LogP contribution in [0.1, 0.15) is 64.9 Å². The van der Waals surface area contributed by atoms with Gasteiger partial charge in [-0.25, -0.2) is 4.79 Å². The molecule has 0 radical (unpaired) electrons. The summed E-state index contributed by atoms with van der Waals surface area (Å²) in [4.78, 5) is 29.3. The monoisotopic (exact) mass is 520 g/mol. The van der Waals surface area contributed by atoms with Gasteiger partial charge in [-0.2, -0.15) is 0 Å². The molecule has 7 heteroatoms. The number of oxime groups is 1. The molecule has 7 nitrogen and oxygen atoms in total. The fraction of sp³-hybridized carbons (Fsp3) is 0.581. The van der Waals surface area contributed by atoms with Crippen molar-refractivity contribution in [2.45, 2.75) is 77.4 Å². The van der Waals surface area contributed by atoms with E-state index in [-0.39, 0.29) is 23.9 Å². The minimum absolute atomic E-state index is 0.00585. The Bertz CT molecular complexity index is 1170. The van der Waals surface area contributed by atoms with Gasteiger partial charge in [0.05, 0.1) is 5.60 Å². The lowest BCUT2D eigenvalue weighted by molar-refractivity contribution is -0.142. The van der Waals surface area contributed by atoms with Crippen LogP contribution in [0.4, 0.5) is 0 Å². The first kappa shape index (κ1) is 26.7. The molecule has 1 aromatic carbocycles. The second-order valence-corrected chi connectivity index (χ2v) is 12.4. The summed E-state index contributed by atoms with van der Waals surface area (Å²) >= 11 is 0. The maximum Gasteiger partial charge on any atom is 0.326 e. The number of fused-ring (bicyclic) bond motifs is 5. The number of aliphatic hydroxyl groups is 1. The number of nitrogens with zero attached hydrogens (tertiary/aromatic N) is 1. The van der Waals surface area contributed by atoms with Crippen LogP contribution in [-0.2, 0) is 20.8 Å². The molecule has 0 aromatic heterocycles. The van der Waals surface area contributed by atoms with Gasteiger partial charge in [-0.15, -0.1) is 0 Å². The van der Waals surface area contributed by atoms with Crippen LogP contribution in [0, 0.1) is 28.6 Å². The molecule has 4 aliphatic rings. The smallest absolute Gasteiger partial charge is 0.326 e. The summed E-state index contributed by atoms with van der Waals surface area (Å²) in [6.07, 6.45) is 12.8. The van der Waals surface area contributed by atoms with Gasteiger partial charge in [0.25, 0.3) is 5.91 Å². The Labute approximate surface area is 225 Å². The molecule has 0 spiro atoms. The molecule has 38 heavy (non-hydrogen) atoms. The van der Waals surface area contributed by atoms with Gasteiger partial charge in [0, 0.05) is 11.8 Å². The quantitative estimate of drug-likeness (QED) is 0.453. The summed E-state index contributed by atoms with van der Waals surface area (Å²) in [7, 11) is 0. The maximum atomic E-state index is 12.4. The van der Waals surface area contributed by atoms with E-state index in [1.807, 2.05) is 43.3 Å². The minimum Gasteiger partial charge on any atom is -0.480 e. The number of benzene rings is 1. The highest BCUT2D eigenvalue weighted by molar-refractivity contribution is 6.05. The van der Waals surface area contributed by atoms with Crippen molar-refractivity contribution in [2.75, 3.05) is 6.61 Å². The molecule has 0 heterocycles. The molecule has 0 aliphatic heterocycles. The number of amides is 1. The van der Waals surface area contributed by atoms with Gasteiger partial charge in [-0.1, -0.05) is 61.0 Å². The highest BCUT2D eigenvalue weighted by atomic mass is 16.6. The molecule has 3 N–H and O–H groups in total. The molecule has 0 unspecified atom stereocenters. The average Bonchev–Trinajstić information content (AvgIpc) is 3.13. The van der Waals surface area contributed by atoms with E-state index in [2.05, 4.69) is 36.5 Å². The number of hydrogen-bond acceptors (Lipinski definition) is 5. The molecule has 204 valence electrons. The molecule has 1 amide bonds. The lowest BCUT2D eigenvalue weighted by atomic mass is 9.47. The lowest BCUT2D eigenvalue weighted by Gasteiger charge is -2.58. The van der Waals surface area contributed by atoms with Crippen molar-refractivity contribution in [1.29, 1.82) is 0 Å². The summed E-state index contributed by atoms with van der Waals surface area (Å²) < 4.78 is 0. The Balaban J connectivity index is 1.19. The second kappa shape index (κ2) is 9.99. The van der Waals surface area contributed by atoms with Crippen LogP contribution in [-0.4, -0.2) is 46.1 Å². The molecule has 1 aromatic rings. The van der Waals surface area contributed by atoms with Crippen molar-refractivity contribution in [3.63, 3.8) is 0 Å². The number of aliphatic carboxylic acids is 1. The van der Waals surface area contributed by atoms with Crippen LogP contribution in [0.5, 0.6) is 0 Å². The van der Waals surface area contributed by atoms with Crippen LogP contribution in [0.25, 0.3) is 0 Å². The fourth-order valence-corrected chi connectivity index (χ4v) is 7.96. The SMILES string of the molecule is C[C@]12C=C/C(=N/OCC(=O)N[C@@H](Cc3ccccc3)C(=O)O)C=C1CC[C@@H]1[C@@H]2CC[C@@]2(C)[C@H]1CC[C@]2(C)O. The number of carboxylic acid groups (broad SMARTS) is 1. The molecular formula is C31H40N2O5. The predicted octanol–water partition coefficient (Wildman–Crippen LogP) is 4.66. The van der Waals surface area contributed by atoms with Gasteiger partial charge >= 0.3 is 5.97 Å². The second-order valence-electron chi connectivity index (χ2n) is 12.4. The third-order valence-electron chi connectivity index (χ3n) is 10.4. The van der Waals surface area contributed by atoms with Crippen molar-refractivity contribution >= 4 is 17.6 Å². The number of nitrogens with one attached hydrogen (secondary N) is 1. The van der Waals surface area contributed by atoms with E-state index in [1.165, 1.54) is 5.57 Å². The zero-order valence-corrected chi connectivity index (χ0v) is 22.7. The average molecular weight is 521 g/mol. The standard InChI is InChI=1S/C31H40N2O5/c1-29-14-11-22(33-38-19-27(34)32-26(28(35)36)17-20-7-5-4-6-8-20)18-21(29)9-10-23-24(29)12-15-30(2)25(23)13-16-31(30,3)37/h4-8,11,14,18,23-26,37H,9-10,12-13,15-17,19H2,1-3H3,(H,32,34)(H,35,36)/b33-22-/t23-,24+,25+,26+,29+,30+,31+/m1/s1. The van der Waals surface area contributed by atoms with E-state index < -0.39 is 23.5 Å². The fourth-order valence-electron chi connectivity index (χ4n) is 7.96. The summed E-state index contributed by atoms with van der Waals surface area (Å²) in [6.45, 7) is 6.34. The first-order valence-electron chi connectivity index (χ1n) is 13.9. The molecule has 3 saturated carbocycles. The highest BCUT2D eigenvalue weighted by Gasteiger charge is 2.61. The van der Waals surface area contributed by atoms with Crippen LogP contribution in [0.2, 0.25) is 0 Å². The minimum atomic E-state index is -1.09. The van der Waals surface area contributed by atoms with Gasteiger partial charge in [0.1, 0.15) is 11.8 Å². The number of rotatable bonds is 7. The van der Waals surface area contributed by atoms with Crippen molar-refractivity contribution in [1.82, 2.24) is 5.32 Å². The Morgan fingerprint density at radius 3 is 2.58 bits per heavy atom. The first-order chi connectivity index (χ1) is 18.0. The topological polar surface area (TPSA) is 108 Å². The predicted molar refractivity (Wildman–Crippen MR) is 145 cm³/mol. The maximum absolute atomic E-state index is 12.4. The molecular weight excluding hydrogens is 480 g/mol. The van der Waals surface area contributed by atoms with Crippen LogP contribution < -0.4 is 5.32 Å². The number of carbonyl (C=O) groups is 2. The van der Waals surface area contributed by atoms with E-state index in [9.17, 15) is 19.8 Å². The van der Waals surface area contributed by atoms with Crippen molar-refractivity contribution in [3.8, 4) is 0 Å². The van der Waals surface area contributed by atoms with Gasteiger partial charge in [0.15, 0.2) is 6.61 Å². The summed E-state index contributed by atoms with van der Waals surface area (Å²) in [5.74, 6) is 0.125. The van der Waals surface area contributed by atoms with E-state index in [0.717, 1.165) is 44.1 Å². The van der Waals surface area contributed by atoms with E-state index >= 15 is 0 Å². The number of hydrogen-bond donors (Lipinski definition) is 3. The zero-order chi connectivity index (χ0) is 27.1. The summed E-state index contributed by atoms with van der Waals surface area (Å²) in [6, 6.07) is 8.16. The Hall–Kier alpha value is -2.93. The normalized spacial score (nSPS) is 37.4. The largest absolute Gasteiger partial charge is 0.480 e. The van der Waals surface area contributed by atoms with Crippen LogP contribution in [0.15, 0.2) is 59.3 Å². The van der Waals surface area contributed by atoms with Gasteiger partial charge in [0.2, 0.25) is 0 Å². The van der Waals surface area contributed by atoms with Crippen molar-refractivity contribution < 1.29 is 24.6 Å².